The number of aliphatic imine (C=N–C) groups is 1. The average Bonchev–Trinajstić information content (AvgIpc) is 3.20. The fourth-order valence-electron chi connectivity index (χ4n) is 3.47. The number of hydrogen-bond donors (Lipinski definition) is 2. The molecule has 1 saturated heterocycles. The molecule has 1 unspecified atom stereocenters. The van der Waals surface area contributed by atoms with Crippen LogP contribution in [0.2, 0.25) is 0 Å². The number of benzene rings is 1. The number of sulfonamides is 1. The lowest BCUT2D eigenvalue weighted by atomic mass is 10.1. The van der Waals surface area contributed by atoms with Crippen LogP contribution in [0.15, 0.2) is 29.3 Å². The normalized spacial score (nSPS) is 16.5. The summed E-state index contributed by atoms with van der Waals surface area (Å²) in [5.41, 5.74) is 2.51. The third-order valence-corrected chi connectivity index (χ3v) is 6.50. The minimum Gasteiger partial charge on any atom is -0.372 e. The summed E-state index contributed by atoms with van der Waals surface area (Å²) in [6.45, 7) is 7.91. The fraction of sp³-hybridized carbons (Fsp3) is 0.650. The molecule has 1 heterocycles. The molecule has 1 aromatic carbocycles. The molecule has 28 heavy (non-hydrogen) atoms. The highest BCUT2D eigenvalue weighted by Gasteiger charge is 2.15. The Balaban J connectivity index is 1.84. The Hall–Kier alpha value is -1.80. The van der Waals surface area contributed by atoms with Gasteiger partial charge in [-0.2, -0.15) is 0 Å². The van der Waals surface area contributed by atoms with E-state index >= 15 is 0 Å². The van der Waals surface area contributed by atoms with Crippen molar-refractivity contribution < 1.29 is 8.42 Å². The summed E-state index contributed by atoms with van der Waals surface area (Å²) < 4.78 is 24.8. The maximum absolute atomic E-state index is 11.6. The van der Waals surface area contributed by atoms with Crippen molar-refractivity contribution in [1.82, 2.24) is 14.9 Å². The van der Waals surface area contributed by atoms with E-state index in [1.165, 1.54) is 34.7 Å². The zero-order valence-electron chi connectivity index (χ0n) is 17.6. The van der Waals surface area contributed by atoms with Gasteiger partial charge in [0.1, 0.15) is 0 Å². The standard InChI is InChI=1S/C20H35N5O2S/c1-5-25(28(4,26)27)15-9-12-22-20(21-3)23-17(2)18-10-8-11-19(16-18)24-13-6-7-14-24/h8,10-11,16-17H,5-7,9,12-15H2,1-4H3,(H2,21,22,23). The van der Waals surface area contributed by atoms with Gasteiger partial charge < -0.3 is 15.5 Å². The summed E-state index contributed by atoms with van der Waals surface area (Å²) in [4.78, 5) is 6.73. The molecule has 1 aliphatic heterocycles. The van der Waals surface area contributed by atoms with Gasteiger partial charge in [0, 0.05) is 45.5 Å². The molecule has 8 heteroatoms. The van der Waals surface area contributed by atoms with E-state index in [1.807, 2.05) is 6.92 Å². The Bertz CT molecular complexity index is 745. The second-order valence-electron chi connectivity index (χ2n) is 7.26. The van der Waals surface area contributed by atoms with Crippen molar-refractivity contribution in [2.45, 2.75) is 39.2 Å². The van der Waals surface area contributed by atoms with Gasteiger partial charge in [-0.3, -0.25) is 4.99 Å². The van der Waals surface area contributed by atoms with Gasteiger partial charge >= 0.3 is 0 Å². The summed E-state index contributed by atoms with van der Waals surface area (Å²) in [7, 11) is -1.38. The molecular formula is C20H35N5O2S. The Morgan fingerprint density at radius 3 is 2.64 bits per heavy atom. The molecule has 1 fully saturated rings. The summed E-state index contributed by atoms with van der Waals surface area (Å²) in [6, 6.07) is 8.80. The first kappa shape index (κ1) is 22.5. The van der Waals surface area contributed by atoms with Gasteiger partial charge in [0.15, 0.2) is 5.96 Å². The molecule has 158 valence electrons. The number of guanidine groups is 1. The first-order valence-electron chi connectivity index (χ1n) is 10.1. The number of rotatable bonds is 9. The second kappa shape index (κ2) is 10.7. The van der Waals surface area contributed by atoms with Gasteiger partial charge in [0.25, 0.3) is 0 Å². The van der Waals surface area contributed by atoms with Crippen LogP contribution in [-0.4, -0.2) is 64.7 Å². The molecule has 0 radical (unpaired) electrons. The monoisotopic (exact) mass is 409 g/mol. The minimum absolute atomic E-state index is 0.122. The molecule has 0 saturated carbocycles. The lowest BCUT2D eigenvalue weighted by Gasteiger charge is -2.22. The molecule has 0 amide bonds. The van der Waals surface area contributed by atoms with E-state index in [-0.39, 0.29) is 6.04 Å². The van der Waals surface area contributed by atoms with Crippen LogP contribution < -0.4 is 15.5 Å². The topological polar surface area (TPSA) is 77.0 Å². The minimum atomic E-state index is -3.13. The summed E-state index contributed by atoms with van der Waals surface area (Å²) >= 11 is 0. The Morgan fingerprint density at radius 2 is 2.04 bits per heavy atom. The van der Waals surface area contributed by atoms with Crippen LogP contribution in [0.4, 0.5) is 5.69 Å². The molecule has 1 atom stereocenters. The van der Waals surface area contributed by atoms with Crippen molar-refractivity contribution in [2.24, 2.45) is 4.99 Å². The zero-order chi connectivity index (χ0) is 20.6. The van der Waals surface area contributed by atoms with E-state index in [2.05, 4.69) is 51.7 Å². The molecule has 0 bridgehead atoms. The third kappa shape index (κ3) is 6.67. The predicted molar refractivity (Wildman–Crippen MR) is 118 cm³/mol. The Morgan fingerprint density at radius 1 is 1.32 bits per heavy atom. The highest BCUT2D eigenvalue weighted by Crippen LogP contribution is 2.23. The third-order valence-electron chi connectivity index (χ3n) is 5.12. The molecule has 0 spiro atoms. The Labute approximate surface area is 170 Å². The van der Waals surface area contributed by atoms with Crippen molar-refractivity contribution in [3.05, 3.63) is 29.8 Å². The number of hydrogen-bond acceptors (Lipinski definition) is 4. The molecule has 0 aromatic heterocycles. The average molecular weight is 410 g/mol. The first-order chi connectivity index (χ1) is 13.3. The van der Waals surface area contributed by atoms with E-state index < -0.39 is 10.0 Å². The van der Waals surface area contributed by atoms with Crippen LogP contribution in [0.25, 0.3) is 0 Å². The lowest BCUT2D eigenvalue weighted by Crippen LogP contribution is -2.40. The van der Waals surface area contributed by atoms with E-state index in [1.54, 1.807) is 7.05 Å². The van der Waals surface area contributed by atoms with Gasteiger partial charge in [0.05, 0.1) is 12.3 Å². The van der Waals surface area contributed by atoms with Gasteiger partial charge in [-0.15, -0.1) is 0 Å². The van der Waals surface area contributed by atoms with Crippen LogP contribution >= 0.6 is 0 Å². The molecule has 2 N–H and O–H groups in total. The molecule has 2 rings (SSSR count). The van der Waals surface area contributed by atoms with Gasteiger partial charge in [-0.1, -0.05) is 19.1 Å². The zero-order valence-corrected chi connectivity index (χ0v) is 18.4. The first-order valence-corrected chi connectivity index (χ1v) is 12.0. The largest absolute Gasteiger partial charge is 0.372 e. The van der Waals surface area contributed by atoms with Crippen molar-refractivity contribution in [3.63, 3.8) is 0 Å². The lowest BCUT2D eigenvalue weighted by molar-refractivity contribution is 0.424. The molecular weight excluding hydrogens is 374 g/mol. The van der Waals surface area contributed by atoms with Crippen LogP contribution in [0.1, 0.15) is 44.7 Å². The quantitative estimate of drug-likeness (QED) is 0.371. The Kier molecular flexibility index (Phi) is 8.57. The smallest absolute Gasteiger partial charge is 0.211 e. The van der Waals surface area contributed by atoms with Crippen LogP contribution in [-0.2, 0) is 10.0 Å². The molecule has 1 aromatic rings. The predicted octanol–water partition coefficient (Wildman–Crippen LogP) is 2.18. The number of nitrogens with one attached hydrogen (secondary N) is 2. The van der Waals surface area contributed by atoms with Gasteiger partial charge in [-0.05, 0) is 43.9 Å². The van der Waals surface area contributed by atoms with Crippen molar-refractivity contribution in [2.75, 3.05) is 50.9 Å². The maximum atomic E-state index is 11.6. The number of anilines is 1. The van der Waals surface area contributed by atoms with Crippen LogP contribution in [0.5, 0.6) is 0 Å². The SMILES string of the molecule is CCN(CCCNC(=NC)NC(C)c1cccc(N2CCCC2)c1)S(C)(=O)=O. The van der Waals surface area contributed by atoms with E-state index in [0.717, 1.165) is 25.5 Å². The van der Waals surface area contributed by atoms with E-state index in [9.17, 15) is 8.42 Å². The van der Waals surface area contributed by atoms with E-state index in [4.69, 9.17) is 0 Å². The highest BCUT2D eigenvalue weighted by atomic mass is 32.2. The van der Waals surface area contributed by atoms with Crippen molar-refractivity contribution in [3.8, 4) is 0 Å². The molecule has 1 aliphatic rings. The molecule has 7 nitrogen and oxygen atoms in total. The summed E-state index contributed by atoms with van der Waals surface area (Å²) in [5.74, 6) is 0.724. The van der Waals surface area contributed by atoms with Crippen molar-refractivity contribution in [1.29, 1.82) is 0 Å². The van der Waals surface area contributed by atoms with Crippen molar-refractivity contribution >= 4 is 21.7 Å². The molecule has 0 aliphatic carbocycles. The summed E-state index contributed by atoms with van der Waals surface area (Å²) in [5, 5.41) is 6.70. The van der Waals surface area contributed by atoms with Gasteiger partial charge in [0.2, 0.25) is 10.0 Å². The highest BCUT2D eigenvalue weighted by molar-refractivity contribution is 7.88. The number of nitrogens with zero attached hydrogens (tertiary/aromatic N) is 3. The van der Waals surface area contributed by atoms with Crippen LogP contribution in [0, 0.1) is 0 Å². The maximum Gasteiger partial charge on any atom is 0.211 e. The van der Waals surface area contributed by atoms with Gasteiger partial charge in [-0.25, -0.2) is 12.7 Å². The van der Waals surface area contributed by atoms with Crippen LogP contribution in [0.3, 0.4) is 0 Å². The summed E-state index contributed by atoms with van der Waals surface area (Å²) in [6.07, 6.45) is 4.51. The second-order valence-corrected chi connectivity index (χ2v) is 9.24. The fourth-order valence-corrected chi connectivity index (χ4v) is 4.40. The van der Waals surface area contributed by atoms with E-state index in [0.29, 0.717) is 19.6 Å².